The maximum atomic E-state index is 10.9. The van der Waals surface area contributed by atoms with Crippen molar-refractivity contribution in [2.24, 2.45) is 0 Å². The van der Waals surface area contributed by atoms with Gasteiger partial charge in [-0.15, -0.1) is 0 Å². The topological polar surface area (TPSA) is 64.4 Å². The van der Waals surface area contributed by atoms with Gasteiger partial charge in [-0.05, 0) is 38.0 Å². The van der Waals surface area contributed by atoms with Crippen LogP contribution in [-0.2, 0) is 11.3 Å². The van der Waals surface area contributed by atoms with Crippen LogP contribution in [0.3, 0.4) is 0 Å². The van der Waals surface area contributed by atoms with Crippen molar-refractivity contribution in [1.82, 2.24) is 0 Å². The highest BCUT2D eigenvalue weighted by Crippen LogP contribution is 2.25. The molecule has 0 heterocycles. The molecule has 5 heteroatoms. The highest BCUT2D eigenvalue weighted by molar-refractivity contribution is 5.62. The zero-order valence-electron chi connectivity index (χ0n) is 11.1. The van der Waals surface area contributed by atoms with E-state index in [2.05, 4.69) is 12.2 Å². The number of nitro groups is 1. The number of ether oxygens (including phenoxy) is 1. The maximum Gasteiger partial charge on any atom is 0.292 e. The lowest BCUT2D eigenvalue weighted by molar-refractivity contribution is -0.384. The fourth-order valence-corrected chi connectivity index (χ4v) is 1.52. The van der Waals surface area contributed by atoms with Crippen molar-refractivity contribution < 1.29 is 9.66 Å². The molecule has 1 unspecified atom stereocenters. The van der Waals surface area contributed by atoms with Gasteiger partial charge in [0.2, 0.25) is 0 Å². The Morgan fingerprint density at radius 1 is 1.44 bits per heavy atom. The summed E-state index contributed by atoms with van der Waals surface area (Å²) < 4.78 is 5.61. The highest BCUT2D eigenvalue weighted by Gasteiger charge is 2.13. The second-order valence-corrected chi connectivity index (χ2v) is 4.17. The van der Waals surface area contributed by atoms with E-state index >= 15 is 0 Å². The fraction of sp³-hybridized carbons (Fsp3) is 0.538. The number of anilines is 1. The summed E-state index contributed by atoms with van der Waals surface area (Å²) in [5.74, 6) is 0. The molecule has 1 aromatic rings. The molecule has 1 atom stereocenters. The van der Waals surface area contributed by atoms with Crippen LogP contribution in [0.25, 0.3) is 0 Å². The van der Waals surface area contributed by atoms with Crippen molar-refractivity contribution in [3.63, 3.8) is 0 Å². The number of benzene rings is 1. The van der Waals surface area contributed by atoms with E-state index in [1.165, 1.54) is 6.07 Å². The van der Waals surface area contributed by atoms with E-state index in [1.807, 2.05) is 13.8 Å². The first-order valence-corrected chi connectivity index (χ1v) is 6.21. The average Bonchev–Trinajstić information content (AvgIpc) is 2.36. The van der Waals surface area contributed by atoms with E-state index in [1.54, 1.807) is 12.1 Å². The molecular weight excluding hydrogens is 232 g/mol. The van der Waals surface area contributed by atoms with Crippen molar-refractivity contribution in [1.29, 1.82) is 0 Å². The van der Waals surface area contributed by atoms with E-state index in [0.717, 1.165) is 12.0 Å². The lowest BCUT2D eigenvalue weighted by Crippen LogP contribution is -2.07. The van der Waals surface area contributed by atoms with Crippen molar-refractivity contribution in [3.8, 4) is 0 Å². The van der Waals surface area contributed by atoms with Gasteiger partial charge in [-0.3, -0.25) is 10.1 Å². The summed E-state index contributed by atoms with van der Waals surface area (Å²) in [6, 6.07) is 5.04. The van der Waals surface area contributed by atoms with Gasteiger partial charge in [0, 0.05) is 12.6 Å². The predicted molar refractivity (Wildman–Crippen MR) is 71.8 cm³/mol. The van der Waals surface area contributed by atoms with Crippen molar-refractivity contribution in [2.75, 3.05) is 11.9 Å². The van der Waals surface area contributed by atoms with Crippen LogP contribution in [-0.4, -0.2) is 17.6 Å². The Hall–Kier alpha value is -1.62. The van der Waals surface area contributed by atoms with Crippen LogP contribution in [0.4, 0.5) is 11.4 Å². The molecule has 100 valence electrons. The van der Waals surface area contributed by atoms with E-state index in [4.69, 9.17) is 4.74 Å². The van der Waals surface area contributed by atoms with E-state index < -0.39 is 0 Å². The quantitative estimate of drug-likeness (QED) is 0.597. The molecule has 1 N–H and O–H groups in total. The fourth-order valence-electron chi connectivity index (χ4n) is 1.52. The Bertz CT molecular complexity index is 407. The molecule has 5 nitrogen and oxygen atoms in total. The Labute approximate surface area is 107 Å². The van der Waals surface area contributed by atoms with Gasteiger partial charge in [0.25, 0.3) is 5.69 Å². The van der Waals surface area contributed by atoms with Crippen molar-refractivity contribution in [3.05, 3.63) is 33.9 Å². The summed E-state index contributed by atoms with van der Waals surface area (Å²) >= 11 is 0. The summed E-state index contributed by atoms with van der Waals surface area (Å²) in [4.78, 5) is 10.5. The van der Waals surface area contributed by atoms with Gasteiger partial charge >= 0.3 is 0 Å². The SMILES string of the molecule is CCNc1cc(COC(C)CC)ccc1[N+](=O)[O-]. The molecule has 0 bridgehead atoms. The van der Waals surface area contributed by atoms with Crippen LogP contribution in [0.5, 0.6) is 0 Å². The standard InChI is InChI=1S/C13H20N2O3/c1-4-10(3)18-9-11-6-7-13(15(16)17)12(8-11)14-5-2/h6-8,10,14H,4-5,9H2,1-3H3. The van der Waals surface area contributed by atoms with Gasteiger partial charge in [-0.25, -0.2) is 0 Å². The lowest BCUT2D eigenvalue weighted by Gasteiger charge is -2.12. The van der Waals surface area contributed by atoms with Gasteiger partial charge in [-0.2, -0.15) is 0 Å². The van der Waals surface area contributed by atoms with Gasteiger partial charge < -0.3 is 10.1 Å². The minimum atomic E-state index is -0.378. The molecule has 0 amide bonds. The highest BCUT2D eigenvalue weighted by atomic mass is 16.6. The minimum Gasteiger partial charge on any atom is -0.380 e. The zero-order chi connectivity index (χ0) is 13.5. The average molecular weight is 252 g/mol. The molecule has 0 radical (unpaired) electrons. The zero-order valence-corrected chi connectivity index (χ0v) is 11.1. The maximum absolute atomic E-state index is 10.9. The number of nitrogens with zero attached hydrogens (tertiary/aromatic N) is 1. The predicted octanol–water partition coefficient (Wildman–Crippen LogP) is 3.34. The first kappa shape index (κ1) is 14.4. The first-order valence-electron chi connectivity index (χ1n) is 6.21. The molecule has 1 aromatic carbocycles. The van der Waals surface area contributed by atoms with Crippen LogP contribution in [0.15, 0.2) is 18.2 Å². The second kappa shape index (κ2) is 6.96. The van der Waals surface area contributed by atoms with E-state index in [9.17, 15) is 10.1 Å². The van der Waals surface area contributed by atoms with Gasteiger partial charge in [-0.1, -0.05) is 6.92 Å². The van der Waals surface area contributed by atoms with Crippen LogP contribution < -0.4 is 5.32 Å². The van der Waals surface area contributed by atoms with Crippen LogP contribution in [0.1, 0.15) is 32.8 Å². The van der Waals surface area contributed by atoms with Crippen LogP contribution in [0, 0.1) is 10.1 Å². The number of hydrogen-bond donors (Lipinski definition) is 1. The second-order valence-electron chi connectivity index (χ2n) is 4.17. The number of nitrogens with one attached hydrogen (secondary N) is 1. The third-order valence-corrected chi connectivity index (χ3v) is 2.73. The van der Waals surface area contributed by atoms with E-state index in [-0.39, 0.29) is 16.7 Å². The molecule has 0 saturated carbocycles. The molecular formula is C13H20N2O3. The Morgan fingerprint density at radius 3 is 2.72 bits per heavy atom. The van der Waals surface area contributed by atoms with Crippen LogP contribution in [0.2, 0.25) is 0 Å². The molecule has 0 aliphatic carbocycles. The lowest BCUT2D eigenvalue weighted by atomic mass is 10.1. The van der Waals surface area contributed by atoms with E-state index in [0.29, 0.717) is 18.8 Å². The normalized spacial score (nSPS) is 12.2. The van der Waals surface area contributed by atoms with Crippen molar-refractivity contribution in [2.45, 2.75) is 39.9 Å². The largest absolute Gasteiger partial charge is 0.380 e. The van der Waals surface area contributed by atoms with Crippen molar-refractivity contribution >= 4 is 11.4 Å². The van der Waals surface area contributed by atoms with Gasteiger partial charge in [0.1, 0.15) is 5.69 Å². The molecule has 0 spiro atoms. The summed E-state index contributed by atoms with van der Waals surface area (Å²) in [5, 5.41) is 13.9. The Balaban J connectivity index is 2.82. The molecule has 0 aliphatic heterocycles. The molecule has 0 aliphatic rings. The Morgan fingerprint density at radius 2 is 2.17 bits per heavy atom. The smallest absolute Gasteiger partial charge is 0.292 e. The molecule has 0 saturated heterocycles. The summed E-state index contributed by atoms with van der Waals surface area (Å²) in [6.07, 6.45) is 1.15. The number of rotatable bonds is 7. The molecule has 18 heavy (non-hydrogen) atoms. The monoisotopic (exact) mass is 252 g/mol. The third kappa shape index (κ3) is 4.00. The summed E-state index contributed by atoms with van der Waals surface area (Å²) in [7, 11) is 0. The summed E-state index contributed by atoms with van der Waals surface area (Å²) in [6.45, 7) is 7.11. The minimum absolute atomic E-state index is 0.101. The number of hydrogen-bond acceptors (Lipinski definition) is 4. The molecule has 0 aromatic heterocycles. The summed E-state index contributed by atoms with van der Waals surface area (Å²) in [5.41, 5.74) is 1.59. The van der Waals surface area contributed by atoms with Gasteiger partial charge in [0.05, 0.1) is 17.6 Å². The number of nitro benzene ring substituents is 1. The van der Waals surface area contributed by atoms with Gasteiger partial charge in [0.15, 0.2) is 0 Å². The molecule has 1 rings (SSSR count). The first-order chi connectivity index (χ1) is 8.58. The Kier molecular flexibility index (Phi) is 5.58. The molecule has 0 fully saturated rings. The van der Waals surface area contributed by atoms with Crippen LogP contribution >= 0.6 is 0 Å². The third-order valence-electron chi connectivity index (χ3n) is 2.73.